The first-order valence-electron chi connectivity index (χ1n) is 8.52. The maximum absolute atomic E-state index is 12.8. The summed E-state index contributed by atoms with van der Waals surface area (Å²) in [6.07, 6.45) is 0. The predicted octanol–water partition coefficient (Wildman–Crippen LogP) is 5.22. The van der Waals surface area contributed by atoms with Crippen LogP contribution in [0.25, 0.3) is 0 Å². The molecule has 4 nitrogen and oxygen atoms in total. The Kier molecular flexibility index (Phi) is 5.89. The van der Waals surface area contributed by atoms with Crippen molar-refractivity contribution in [2.45, 2.75) is 6.92 Å². The van der Waals surface area contributed by atoms with Crippen LogP contribution in [0.15, 0.2) is 72.8 Å². The minimum absolute atomic E-state index is 0.212. The van der Waals surface area contributed by atoms with Gasteiger partial charge in [0.2, 0.25) is 0 Å². The Labute approximate surface area is 162 Å². The number of amides is 1. The quantitative estimate of drug-likeness (QED) is 0.597. The number of ether oxygens (including phenoxy) is 1. The minimum Gasteiger partial charge on any atom is -0.494 e. The van der Waals surface area contributed by atoms with E-state index in [1.807, 2.05) is 13.0 Å². The molecular weight excluding hydrogens is 362 g/mol. The summed E-state index contributed by atoms with van der Waals surface area (Å²) in [4.78, 5) is 25.5. The van der Waals surface area contributed by atoms with Gasteiger partial charge in [0.15, 0.2) is 5.78 Å². The Morgan fingerprint density at radius 3 is 2.41 bits per heavy atom. The van der Waals surface area contributed by atoms with Gasteiger partial charge in [0.25, 0.3) is 5.91 Å². The van der Waals surface area contributed by atoms with Gasteiger partial charge in [0.05, 0.1) is 12.3 Å². The van der Waals surface area contributed by atoms with Gasteiger partial charge in [0.1, 0.15) is 5.75 Å². The van der Waals surface area contributed by atoms with E-state index in [1.165, 1.54) is 0 Å². The number of carbonyl (C=O) groups excluding carboxylic acids is 2. The van der Waals surface area contributed by atoms with Crippen molar-refractivity contribution in [3.8, 4) is 5.75 Å². The van der Waals surface area contributed by atoms with E-state index in [-0.39, 0.29) is 11.7 Å². The molecule has 1 N–H and O–H groups in total. The van der Waals surface area contributed by atoms with Crippen LogP contribution < -0.4 is 10.1 Å². The summed E-state index contributed by atoms with van der Waals surface area (Å²) >= 11 is 6.08. The zero-order chi connectivity index (χ0) is 19.2. The minimum atomic E-state index is -0.332. The third-order valence-electron chi connectivity index (χ3n) is 3.92. The van der Waals surface area contributed by atoms with E-state index in [1.54, 1.807) is 66.7 Å². The molecule has 0 aliphatic carbocycles. The molecule has 0 saturated carbocycles. The van der Waals surface area contributed by atoms with Crippen molar-refractivity contribution in [1.29, 1.82) is 0 Å². The maximum atomic E-state index is 12.8. The summed E-state index contributed by atoms with van der Waals surface area (Å²) in [6.45, 7) is 2.39. The van der Waals surface area contributed by atoms with E-state index in [0.29, 0.717) is 39.8 Å². The second-order valence-electron chi connectivity index (χ2n) is 5.80. The van der Waals surface area contributed by atoms with Crippen LogP contribution in [-0.4, -0.2) is 18.3 Å². The summed E-state index contributed by atoms with van der Waals surface area (Å²) in [5, 5.41) is 3.22. The number of hydrogen-bond donors (Lipinski definition) is 1. The molecule has 3 rings (SSSR count). The number of halogens is 1. The van der Waals surface area contributed by atoms with Gasteiger partial charge in [-0.25, -0.2) is 0 Å². The lowest BCUT2D eigenvalue weighted by molar-refractivity contribution is 0.102. The fourth-order valence-electron chi connectivity index (χ4n) is 2.65. The first kappa shape index (κ1) is 18.7. The molecule has 0 fully saturated rings. The molecule has 0 aliphatic heterocycles. The van der Waals surface area contributed by atoms with Gasteiger partial charge < -0.3 is 10.1 Å². The SMILES string of the molecule is CCOc1cccc(C(=O)Nc2ccc(Cl)cc2C(=O)c2ccccc2)c1. The van der Waals surface area contributed by atoms with Crippen molar-refractivity contribution < 1.29 is 14.3 Å². The summed E-state index contributed by atoms with van der Waals surface area (Å²) in [7, 11) is 0. The van der Waals surface area contributed by atoms with Gasteiger partial charge in [0, 0.05) is 21.7 Å². The van der Waals surface area contributed by atoms with E-state index in [0.717, 1.165) is 0 Å². The van der Waals surface area contributed by atoms with Crippen LogP contribution in [0.1, 0.15) is 33.2 Å². The van der Waals surface area contributed by atoms with Gasteiger partial charge in [-0.05, 0) is 43.3 Å². The average Bonchev–Trinajstić information content (AvgIpc) is 2.70. The lowest BCUT2D eigenvalue weighted by Gasteiger charge is -2.12. The second-order valence-corrected chi connectivity index (χ2v) is 6.24. The molecule has 3 aromatic rings. The van der Waals surface area contributed by atoms with Crippen LogP contribution in [0.4, 0.5) is 5.69 Å². The second kappa shape index (κ2) is 8.52. The fraction of sp³-hybridized carbons (Fsp3) is 0.0909. The molecule has 3 aromatic carbocycles. The molecule has 136 valence electrons. The molecule has 0 saturated heterocycles. The largest absolute Gasteiger partial charge is 0.494 e. The summed E-state index contributed by atoms with van der Waals surface area (Å²) in [6, 6.07) is 20.6. The first-order valence-corrected chi connectivity index (χ1v) is 8.90. The normalized spacial score (nSPS) is 10.3. The topological polar surface area (TPSA) is 55.4 Å². The number of anilines is 1. The van der Waals surface area contributed by atoms with Crippen molar-refractivity contribution in [3.05, 3.63) is 94.5 Å². The average molecular weight is 380 g/mol. The van der Waals surface area contributed by atoms with Crippen molar-refractivity contribution in [3.63, 3.8) is 0 Å². The highest BCUT2D eigenvalue weighted by molar-refractivity contribution is 6.31. The van der Waals surface area contributed by atoms with Gasteiger partial charge >= 0.3 is 0 Å². The van der Waals surface area contributed by atoms with Crippen LogP contribution in [0.3, 0.4) is 0 Å². The van der Waals surface area contributed by atoms with Crippen LogP contribution in [0, 0.1) is 0 Å². The molecule has 0 unspecified atom stereocenters. The highest BCUT2D eigenvalue weighted by atomic mass is 35.5. The van der Waals surface area contributed by atoms with E-state index < -0.39 is 0 Å². The van der Waals surface area contributed by atoms with Crippen molar-refractivity contribution in [2.75, 3.05) is 11.9 Å². The number of carbonyl (C=O) groups is 2. The van der Waals surface area contributed by atoms with Crippen LogP contribution >= 0.6 is 11.6 Å². The molecule has 0 atom stereocenters. The lowest BCUT2D eigenvalue weighted by Crippen LogP contribution is -2.15. The van der Waals surface area contributed by atoms with Crippen LogP contribution in [-0.2, 0) is 0 Å². The standard InChI is InChI=1S/C22H18ClNO3/c1-2-27-18-10-6-9-16(13-18)22(26)24-20-12-11-17(23)14-19(20)21(25)15-7-4-3-5-8-15/h3-14H,2H2,1H3,(H,24,26). The van der Waals surface area contributed by atoms with E-state index in [2.05, 4.69) is 5.32 Å². The molecule has 0 heterocycles. The van der Waals surface area contributed by atoms with Crippen molar-refractivity contribution in [2.24, 2.45) is 0 Å². The molecular formula is C22H18ClNO3. The third kappa shape index (κ3) is 4.54. The number of rotatable bonds is 6. The molecule has 0 aliphatic rings. The Bertz CT molecular complexity index is 970. The summed E-state index contributed by atoms with van der Waals surface area (Å²) < 4.78 is 5.43. The number of ketones is 1. The monoisotopic (exact) mass is 379 g/mol. The maximum Gasteiger partial charge on any atom is 0.255 e. The van der Waals surface area contributed by atoms with Gasteiger partial charge in [-0.15, -0.1) is 0 Å². The third-order valence-corrected chi connectivity index (χ3v) is 4.15. The zero-order valence-corrected chi connectivity index (χ0v) is 15.5. The molecule has 0 aromatic heterocycles. The molecule has 0 spiro atoms. The highest BCUT2D eigenvalue weighted by Crippen LogP contribution is 2.25. The highest BCUT2D eigenvalue weighted by Gasteiger charge is 2.17. The Morgan fingerprint density at radius 1 is 0.926 bits per heavy atom. The van der Waals surface area contributed by atoms with Crippen molar-refractivity contribution >= 4 is 29.0 Å². The van der Waals surface area contributed by atoms with E-state index in [4.69, 9.17) is 16.3 Å². The number of nitrogens with one attached hydrogen (secondary N) is 1. The van der Waals surface area contributed by atoms with Crippen LogP contribution in [0.2, 0.25) is 5.02 Å². The Hall–Kier alpha value is -3.11. The Morgan fingerprint density at radius 2 is 1.67 bits per heavy atom. The smallest absolute Gasteiger partial charge is 0.255 e. The van der Waals surface area contributed by atoms with Crippen LogP contribution in [0.5, 0.6) is 5.75 Å². The molecule has 0 radical (unpaired) electrons. The van der Waals surface area contributed by atoms with Crippen molar-refractivity contribution in [1.82, 2.24) is 0 Å². The zero-order valence-electron chi connectivity index (χ0n) is 14.7. The van der Waals surface area contributed by atoms with Gasteiger partial charge in [-0.1, -0.05) is 48.0 Å². The molecule has 5 heteroatoms. The first-order chi connectivity index (χ1) is 13.1. The van der Waals surface area contributed by atoms with E-state index >= 15 is 0 Å². The summed E-state index contributed by atoms with van der Waals surface area (Å²) in [5.74, 6) is 0.0688. The number of hydrogen-bond acceptors (Lipinski definition) is 3. The lowest BCUT2D eigenvalue weighted by atomic mass is 10.0. The fourth-order valence-corrected chi connectivity index (χ4v) is 2.82. The predicted molar refractivity (Wildman–Crippen MR) is 107 cm³/mol. The molecule has 0 bridgehead atoms. The Balaban J connectivity index is 1.90. The molecule has 1 amide bonds. The van der Waals surface area contributed by atoms with Gasteiger partial charge in [-0.3, -0.25) is 9.59 Å². The van der Waals surface area contributed by atoms with Gasteiger partial charge in [-0.2, -0.15) is 0 Å². The van der Waals surface area contributed by atoms with E-state index in [9.17, 15) is 9.59 Å². The summed E-state index contributed by atoms with van der Waals surface area (Å²) in [5.41, 5.74) is 1.70. The number of benzene rings is 3. The molecule has 27 heavy (non-hydrogen) atoms.